The first-order valence-corrected chi connectivity index (χ1v) is 8.79. The molecule has 1 amide bonds. The molecule has 3 rings (SSSR count). The molecule has 23 heavy (non-hydrogen) atoms. The van der Waals surface area contributed by atoms with Gasteiger partial charge in [0.15, 0.2) is 0 Å². The Balaban J connectivity index is 1.64. The highest BCUT2D eigenvalue weighted by atomic mass is 16.5. The number of hydrogen-bond donors (Lipinski definition) is 1. The Morgan fingerprint density at radius 2 is 1.91 bits per heavy atom. The number of carbonyl (C=O) groups excluding carboxylic acids is 1. The van der Waals surface area contributed by atoms with E-state index >= 15 is 0 Å². The molecule has 0 atom stereocenters. The van der Waals surface area contributed by atoms with Crippen molar-refractivity contribution in [2.24, 2.45) is 11.1 Å². The first-order chi connectivity index (χ1) is 11.2. The third-order valence-corrected chi connectivity index (χ3v) is 5.70. The van der Waals surface area contributed by atoms with Crippen molar-refractivity contribution in [1.29, 1.82) is 0 Å². The van der Waals surface area contributed by atoms with Crippen LogP contribution in [-0.4, -0.2) is 43.7 Å². The van der Waals surface area contributed by atoms with Gasteiger partial charge in [-0.25, -0.2) is 0 Å². The molecule has 0 bridgehead atoms. The van der Waals surface area contributed by atoms with Gasteiger partial charge in [-0.3, -0.25) is 4.79 Å². The van der Waals surface area contributed by atoms with Crippen molar-refractivity contribution in [2.45, 2.75) is 38.5 Å². The molecule has 2 heterocycles. The van der Waals surface area contributed by atoms with E-state index in [0.717, 1.165) is 38.8 Å². The Morgan fingerprint density at radius 1 is 1.26 bits per heavy atom. The van der Waals surface area contributed by atoms with E-state index in [0.29, 0.717) is 25.7 Å². The van der Waals surface area contributed by atoms with Gasteiger partial charge in [0.25, 0.3) is 0 Å². The average molecular weight is 316 g/mol. The first-order valence-electron chi connectivity index (χ1n) is 8.79. The third-order valence-electron chi connectivity index (χ3n) is 5.70. The topological polar surface area (TPSA) is 55.6 Å². The summed E-state index contributed by atoms with van der Waals surface area (Å²) in [5.74, 6) is 0.829. The highest BCUT2D eigenvalue weighted by molar-refractivity contribution is 5.83. The van der Waals surface area contributed by atoms with Crippen molar-refractivity contribution in [3.8, 4) is 0 Å². The van der Waals surface area contributed by atoms with Crippen molar-refractivity contribution in [2.75, 3.05) is 32.8 Å². The zero-order chi connectivity index (χ0) is 16.3. The van der Waals surface area contributed by atoms with E-state index in [1.54, 1.807) is 0 Å². The fourth-order valence-electron chi connectivity index (χ4n) is 4.04. The van der Waals surface area contributed by atoms with E-state index in [-0.39, 0.29) is 11.3 Å². The minimum Gasteiger partial charge on any atom is -0.381 e. The minimum absolute atomic E-state index is 0.256. The summed E-state index contributed by atoms with van der Waals surface area (Å²) in [5.41, 5.74) is 8.40. The Labute approximate surface area is 139 Å². The molecule has 4 heteroatoms. The van der Waals surface area contributed by atoms with Gasteiger partial charge >= 0.3 is 0 Å². The summed E-state index contributed by atoms with van der Waals surface area (Å²) in [5, 5.41) is 0. The van der Waals surface area contributed by atoms with Crippen LogP contribution < -0.4 is 5.73 Å². The molecule has 0 aliphatic carbocycles. The van der Waals surface area contributed by atoms with Crippen molar-refractivity contribution in [3.63, 3.8) is 0 Å². The quantitative estimate of drug-likeness (QED) is 0.932. The van der Waals surface area contributed by atoms with E-state index in [4.69, 9.17) is 10.5 Å². The van der Waals surface area contributed by atoms with Crippen LogP contribution in [0.3, 0.4) is 0 Å². The lowest BCUT2D eigenvalue weighted by Crippen LogP contribution is -2.52. The van der Waals surface area contributed by atoms with E-state index in [2.05, 4.69) is 31.2 Å². The fraction of sp³-hybridized carbons (Fsp3) is 0.632. The molecule has 1 aromatic rings. The Morgan fingerprint density at radius 3 is 2.52 bits per heavy atom. The van der Waals surface area contributed by atoms with Crippen LogP contribution in [0.4, 0.5) is 0 Å². The number of piperidine rings is 1. The number of nitrogens with two attached hydrogens (primary N) is 1. The molecule has 4 nitrogen and oxygen atoms in total. The largest absolute Gasteiger partial charge is 0.381 e. The van der Waals surface area contributed by atoms with Gasteiger partial charge in [0.1, 0.15) is 0 Å². The van der Waals surface area contributed by atoms with Crippen molar-refractivity contribution < 1.29 is 9.53 Å². The molecule has 0 spiro atoms. The van der Waals surface area contributed by atoms with Gasteiger partial charge in [-0.2, -0.15) is 0 Å². The number of hydrogen-bond acceptors (Lipinski definition) is 3. The highest BCUT2D eigenvalue weighted by Gasteiger charge is 2.42. The summed E-state index contributed by atoms with van der Waals surface area (Å²) in [7, 11) is 0. The van der Waals surface area contributed by atoms with Crippen LogP contribution in [0.1, 0.15) is 42.7 Å². The normalized spacial score (nSPS) is 22.1. The van der Waals surface area contributed by atoms with Gasteiger partial charge in [0.05, 0.1) is 5.41 Å². The molecule has 2 saturated heterocycles. The summed E-state index contributed by atoms with van der Waals surface area (Å²) < 4.78 is 5.43. The number of carbonyl (C=O) groups is 1. The maximum absolute atomic E-state index is 13.0. The van der Waals surface area contributed by atoms with Gasteiger partial charge < -0.3 is 15.4 Å². The van der Waals surface area contributed by atoms with Gasteiger partial charge in [-0.15, -0.1) is 0 Å². The van der Waals surface area contributed by atoms with Crippen LogP contribution in [0.15, 0.2) is 24.3 Å². The van der Waals surface area contributed by atoms with Gasteiger partial charge in [0.2, 0.25) is 5.91 Å². The molecule has 0 unspecified atom stereocenters. The second-order valence-electron chi connectivity index (χ2n) is 7.02. The van der Waals surface area contributed by atoms with Gasteiger partial charge in [-0.1, -0.05) is 24.3 Å². The second kappa shape index (κ2) is 7.02. The fourth-order valence-corrected chi connectivity index (χ4v) is 4.04. The number of nitrogens with zero attached hydrogens (tertiary/aromatic N) is 1. The number of ether oxygens (including phenoxy) is 1. The van der Waals surface area contributed by atoms with E-state index in [9.17, 15) is 4.79 Å². The second-order valence-corrected chi connectivity index (χ2v) is 7.02. The third kappa shape index (κ3) is 3.29. The molecular weight excluding hydrogens is 288 g/mol. The van der Waals surface area contributed by atoms with Crippen LogP contribution >= 0.6 is 0 Å². The van der Waals surface area contributed by atoms with E-state index in [1.165, 1.54) is 11.1 Å². The monoisotopic (exact) mass is 316 g/mol. The number of rotatable bonds is 3. The number of aryl methyl sites for hydroxylation is 1. The maximum atomic E-state index is 13.0. The van der Waals surface area contributed by atoms with Gasteiger partial charge in [0, 0.05) is 32.8 Å². The average Bonchev–Trinajstić information content (AvgIpc) is 2.62. The van der Waals surface area contributed by atoms with Crippen LogP contribution in [-0.2, 0) is 9.53 Å². The smallest absolute Gasteiger partial charge is 0.230 e. The highest BCUT2D eigenvalue weighted by Crippen LogP contribution is 2.35. The molecule has 126 valence electrons. The molecule has 2 fully saturated rings. The Hall–Kier alpha value is -1.39. The molecule has 2 aliphatic heterocycles. The molecule has 0 saturated carbocycles. The standard InChI is InChI=1S/C19H28N2O2/c1-15-4-2-3-5-17(15)16-6-10-21(11-7-16)18(22)19(14-20)8-12-23-13-9-19/h2-5,16H,6-14,20H2,1H3. The summed E-state index contributed by atoms with van der Waals surface area (Å²) in [6.45, 7) is 5.62. The number of amides is 1. The van der Waals surface area contributed by atoms with Crippen molar-refractivity contribution >= 4 is 5.91 Å². The predicted octanol–water partition coefficient (Wildman–Crippen LogP) is 2.46. The lowest BCUT2D eigenvalue weighted by Gasteiger charge is -2.41. The van der Waals surface area contributed by atoms with Crippen LogP contribution in [0.5, 0.6) is 0 Å². The summed E-state index contributed by atoms with van der Waals surface area (Å²) >= 11 is 0. The van der Waals surface area contributed by atoms with E-state index < -0.39 is 0 Å². The molecule has 0 aromatic heterocycles. The lowest BCUT2D eigenvalue weighted by atomic mass is 9.78. The van der Waals surface area contributed by atoms with Crippen molar-refractivity contribution in [3.05, 3.63) is 35.4 Å². The molecule has 2 aliphatic rings. The summed E-state index contributed by atoms with van der Waals surface area (Å²) in [6.07, 6.45) is 3.63. The lowest BCUT2D eigenvalue weighted by molar-refractivity contribution is -0.148. The van der Waals surface area contributed by atoms with Crippen LogP contribution in [0.25, 0.3) is 0 Å². The Bertz CT molecular complexity index is 544. The maximum Gasteiger partial charge on any atom is 0.230 e. The predicted molar refractivity (Wildman–Crippen MR) is 91.3 cm³/mol. The molecule has 0 radical (unpaired) electrons. The van der Waals surface area contributed by atoms with Crippen molar-refractivity contribution in [1.82, 2.24) is 4.90 Å². The zero-order valence-corrected chi connectivity index (χ0v) is 14.1. The minimum atomic E-state index is -0.381. The first kappa shape index (κ1) is 16.5. The summed E-state index contributed by atoms with van der Waals surface area (Å²) in [6, 6.07) is 8.62. The summed E-state index contributed by atoms with van der Waals surface area (Å²) in [4.78, 5) is 15.1. The SMILES string of the molecule is Cc1ccccc1C1CCN(C(=O)C2(CN)CCOCC2)CC1. The Kier molecular flexibility index (Phi) is 5.02. The molecule has 2 N–H and O–H groups in total. The van der Waals surface area contributed by atoms with Gasteiger partial charge in [-0.05, 0) is 49.7 Å². The number of likely N-dealkylation sites (tertiary alicyclic amines) is 1. The van der Waals surface area contributed by atoms with E-state index in [1.807, 2.05) is 4.90 Å². The van der Waals surface area contributed by atoms with Crippen LogP contribution in [0, 0.1) is 12.3 Å². The zero-order valence-electron chi connectivity index (χ0n) is 14.1. The molecule has 1 aromatic carbocycles. The molecular formula is C19H28N2O2. The van der Waals surface area contributed by atoms with Crippen LogP contribution in [0.2, 0.25) is 0 Å². The number of benzene rings is 1.